The lowest BCUT2D eigenvalue weighted by Gasteiger charge is -2.27. The van der Waals surface area contributed by atoms with Crippen molar-refractivity contribution >= 4 is 7.82 Å². The van der Waals surface area contributed by atoms with Gasteiger partial charge in [-0.2, -0.15) is 0 Å². The van der Waals surface area contributed by atoms with E-state index in [0.717, 1.165) is 19.3 Å². The van der Waals surface area contributed by atoms with Crippen LogP contribution in [-0.2, 0) is 23.1 Å². The molecule has 1 N–H and O–H groups in total. The Morgan fingerprint density at radius 2 is 2.21 bits per heavy atom. The minimum atomic E-state index is -4.00. The van der Waals surface area contributed by atoms with E-state index in [1.165, 1.54) is 0 Å². The van der Waals surface area contributed by atoms with Gasteiger partial charge in [0.15, 0.2) is 6.79 Å². The van der Waals surface area contributed by atoms with Crippen molar-refractivity contribution in [2.75, 3.05) is 13.4 Å². The van der Waals surface area contributed by atoms with Gasteiger partial charge in [-0.3, -0.25) is 4.52 Å². The van der Waals surface area contributed by atoms with Gasteiger partial charge in [-0.05, 0) is 6.42 Å². The first kappa shape index (κ1) is 12.1. The summed E-state index contributed by atoms with van der Waals surface area (Å²) in [5, 5.41) is 0. The Labute approximate surface area is 82.7 Å². The van der Waals surface area contributed by atoms with E-state index < -0.39 is 14.3 Å². The zero-order chi connectivity index (χ0) is 10.4. The SMILES string of the molecule is CCCCCOP(=O)(O)OC1OCO1. The van der Waals surface area contributed by atoms with E-state index in [1.54, 1.807) is 0 Å². The van der Waals surface area contributed by atoms with Gasteiger partial charge in [0.1, 0.15) is 0 Å². The molecule has 14 heavy (non-hydrogen) atoms. The molecule has 0 radical (unpaired) electrons. The number of phosphoric ester groups is 1. The molecule has 1 heterocycles. The molecule has 0 aromatic rings. The van der Waals surface area contributed by atoms with Gasteiger partial charge < -0.3 is 14.4 Å². The van der Waals surface area contributed by atoms with Crippen LogP contribution >= 0.6 is 7.82 Å². The third-order valence-corrected chi connectivity index (χ3v) is 2.58. The number of phosphoric acid groups is 1. The highest BCUT2D eigenvalue weighted by Crippen LogP contribution is 2.45. The maximum atomic E-state index is 11.1. The zero-order valence-corrected chi connectivity index (χ0v) is 8.94. The predicted molar refractivity (Wildman–Crippen MR) is 47.2 cm³/mol. The topological polar surface area (TPSA) is 74.2 Å². The summed E-state index contributed by atoms with van der Waals surface area (Å²) in [6, 6.07) is 0. The number of hydrogen-bond donors (Lipinski definition) is 1. The fraction of sp³-hybridized carbons (Fsp3) is 1.00. The molecule has 1 saturated heterocycles. The molecule has 1 atom stereocenters. The molecule has 0 saturated carbocycles. The van der Waals surface area contributed by atoms with Crippen LogP contribution in [0.3, 0.4) is 0 Å². The van der Waals surface area contributed by atoms with Crippen molar-refractivity contribution in [3.63, 3.8) is 0 Å². The van der Waals surface area contributed by atoms with Crippen LogP contribution in [0.25, 0.3) is 0 Å². The lowest BCUT2D eigenvalue weighted by atomic mass is 10.3. The summed E-state index contributed by atoms with van der Waals surface area (Å²) in [5.41, 5.74) is 0. The monoisotopic (exact) mass is 226 g/mol. The summed E-state index contributed by atoms with van der Waals surface area (Å²) in [4.78, 5) is 9.10. The highest BCUT2D eigenvalue weighted by molar-refractivity contribution is 7.47. The Hall–Kier alpha value is 0.0300. The standard InChI is InChI=1S/C7H15O6P/c1-2-3-4-5-12-14(8,9)13-7-10-6-11-7/h7H,2-6H2,1H3,(H,8,9). The van der Waals surface area contributed by atoms with Crippen molar-refractivity contribution in [3.05, 3.63) is 0 Å². The molecule has 0 amide bonds. The molecule has 1 fully saturated rings. The maximum Gasteiger partial charge on any atom is 0.476 e. The Kier molecular flexibility index (Phi) is 5.01. The summed E-state index contributed by atoms with van der Waals surface area (Å²) in [7, 11) is -4.00. The van der Waals surface area contributed by atoms with Crippen molar-refractivity contribution < 1.29 is 28.0 Å². The fourth-order valence-corrected chi connectivity index (χ4v) is 1.62. The largest absolute Gasteiger partial charge is 0.476 e. The molecule has 0 spiro atoms. The molecule has 0 aromatic heterocycles. The van der Waals surface area contributed by atoms with Crippen LogP contribution in [0.4, 0.5) is 0 Å². The summed E-state index contributed by atoms with van der Waals surface area (Å²) in [6.45, 7) is 1.26. The van der Waals surface area contributed by atoms with Crippen LogP contribution in [-0.4, -0.2) is 24.8 Å². The molecule has 6 nitrogen and oxygen atoms in total. The van der Waals surface area contributed by atoms with Gasteiger partial charge in [-0.15, -0.1) is 0 Å². The van der Waals surface area contributed by atoms with Crippen LogP contribution in [0.5, 0.6) is 0 Å². The zero-order valence-electron chi connectivity index (χ0n) is 8.05. The lowest BCUT2D eigenvalue weighted by Crippen LogP contribution is -2.32. The Morgan fingerprint density at radius 3 is 2.71 bits per heavy atom. The molecular formula is C7H15O6P. The minimum Gasteiger partial charge on any atom is -0.302 e. The Bertz CT molecular complexity index is 204. The Morgan fingerprint density at radius 1 is 1.50 bits per heavy atom. The third kappa shape index (κ3) is 4.50. The average molecular weight is 226 g/mol. The molecule has 1 aliphatic rings. The number of ether oxygens (including phenoxy) is 2. The van der Waals surface area contributed by atoms with E-state index in [1.807, 2.05) is 6.92 Å². The van der Waals surface area contributed by atoms with Gasteiger partial charge in [0, 0.05) is 0 Å². The van der Waals surface area contributed by atoms with Crippen LogP contribution in [0, 0.1) is 0 Å². The van der Waals surface area contributed by atoms with Gasteiger partial charge in [0.05, 0.1) is 6.61 Å². The van der Waals surface area contributed by atoms with Crippen molar-refractivity contribution in [1.82, 2.24) is 0 Å². The normalized spacial score (nSPS) is 21.6. The Balaban J connectivity index is 2.09. The van der Waals surface area contributed by atoms with Crippen LogP contribution in [0.1, 0.15) is 26.2 Å². The van der Waals surface area contributed by atoms with Crippen LogP contribution < -0.4 is 0 Å². The predicted octanol–water partition coefficient (Wildman–Crippen LogP) is 1.60. The van der Waals surface area contributed by atoms with Crippen molar-refractivity contribution in [2.24, 2.45) is 0 Å². The van der Waals surface area contributed by atoms with Gasteiger partial charge in [-0.25, -0.2) is 9.09 Å². The van der Waals surface area contributed by atoms with E-state index in [2.05, 4.69) is 18.5 Å². The molecule has 7 heteroatoms. The second-order valence-corrected chi connectivity index (χ2v) is 4.26. The first-order valence-electron chi connectivity index (χ1n) is 4.53. The second kappa shape index (κ2) is 5.80. The van der Waals surface area contributed by atoms with Crippen molar-refractivity contribution in [1.29, 1.82) is 0 Å². The summed E-state index contributed by atoms with van der Waals surface area (Å²) >= 11 is 0. The number of rotatable bonds is 7. The molecule has 84 valence electrons. The van der Waals surface area contributed by atoms with Crippen LogP contribution in [0.15, 0.2) is 0 Å². The van der Waals surface area contributed by atoms with E-state index >= 15 is 0 Å². The molecule has 0 aliphatic carbocycles. The highest BCUT2D eigenvalue weighted by atomic mass is 31.2. The fourth-order valence-electron chi connectivity index (χ4n) is 0.856. The van der Waals surface area contributed by atoms with Gasteiger partial charge in [0.25, 0.3) is 6.48 Å². The summed E-state index contributed by atoms with van der Waals surface area (Å²) < 4.78 is 29.6. The van der Waals surface area contributed by atoms with Crippen molar-refractivity contribution in [2.45, 2.75) is 32.7 Å². The minimum absolute atomic E-state index is 0.0838. The molecule has 0 aromatic carbocycles. The van der Waals surface area contributed by atoms with E-state index in [4.69, 9.17) is 4.89 Å². The molecule has 1 rings (SSSR count). The van der Waals surface area contributed by atoms with E-state index in [9.17, 15) is 4.57 Å². The average Bonchev–Trinajstić information content (AvgIpc) is 2.06. The molecule has 0 bridgehead atoms. The van der Waals surface area contributed by atoms with Gasteiger partial charge in [0.2, 0.25) is 0 Å². The van der Waals surface area contributed by atoms with E-state index in [-0.39, 0.29) is 13.4 Å². The first-order chi connectivity index (χ1) is 6.64. The second-order valence-electron chi connectivity index (χ2n) is 2.85. The third-order valence-electron chi connectivity index (χ3n) is 1.63. The number of hydrogen-bond acceptors (Lipinski definition) is 5. The van der Waals surface area contributed by atoms with Crippen LogP contribution in [0.2, 0.25) is 0 Å². The smallest absolute Gasteiger partial charge is 0.302 e. The quantitative estimate of drug-likeness (QED) is 0.525. The van der Waals surface area contributed by atoms with Crippen molar-refractivity contribution in [3.8, 4) is 0 Å². The van der Waals surface area contributed by atoms with Gasteiger partial charge in [-0.1, -0.05) is 19.8 Å². The maximum absolute atomic E-state index is 11.1. The summed E-state index contributed by atoms with van der Waals surface area (Å²) in [6.07, 6.45) is 2.71. The highest BCUT2D eigenvalue weighted by Gasteiger charge is 2.31. The van der Waals surface area contributed by atoms with E-state index in [0.29, 0.717) is 0 Å². The molecular weight excluding hydrogens is 211 g/mol. The molecule has 1 unspecified atom stereocenters. The lowest BCUT2D eigenvalue weighted by molar-refractivity contribution is -0.397. The first-order valence-corrected chi connectivity index (χ1v) is 6.02. The molecule has 1 aliphatic heterocycles. The summed E-state index contributed by atoms with van der Waals surface area (Å²) in [5.74, 6) is 0. The van der Waals surface area contributed by atoms with Gasteiger partial charge >= 0.3 is 7.82 Å². The number of unbranched alkanes of at least 4 members (excludes halogenated alkanes) is 2.